The van der Waals surface area contributed by atoms with Crippen molar-refractivity contribution in [3.05, 3.63) is 143 Å². The van der Waals surface area contributed by atoms with Gasteiger partial charge in [0.05, 0.1) is 0 Å². The molecule has 8 aromatic carbocycles. The number of fused-ring (bicyclic) bond motifs is 8. The van der Waals surface area contributed by atoms with Crippen LogP contribution >= 0.6 is 0 Å². The second-order valence-corrected chi connectivity index (χ2v) is 12.4. The van der Waals surface area contributed by atoms with E-state index in [1.807, 2.05) is 0 Å². The molecular weight excluding hydrogens is 504 g/mol. The predicted octanol–water partition coefficient (Wildman–Crippen LogP) is 11.1. The summed E-state index contributed by atoms with van der Waals surface area (Å²) in [5, 5.41) is 17.0. The van der Waals surface area contributed by atoms with E-state index in [1.54, 1.807) is 22.3 Å². The monoisotopic (exact) mass is 536 g/mol. The average Bonchev–Trinajstić information content (AvgIpc) is 3.69. The van der Waals surface area contributed by atoms with Gasteiger partial charge >= 0.3 is 0 Å². The summed E-state index contributed by atoms with van der Waals surface area (Å²) in [4.78, 5) is 0. The highest BCUT2D eigenvalue weighted by Gasteiger charge is 2.21. The number of aryl methyl sites for hydroxylation is 6. The zero-order valence-corrected chi connectivity index (χ0v) is 24.2. The van der Waals surface area contributed by atoms with Gasteiger partial charge in [-0.3, -0.25) is 0 Å². The third kappa shape index (κ3) is 3.36. The lowest BCUT2D eigenvalue weighted by molar-refractivity contribution is 1.02. The lowest BCUT2D eigenvalue weighted by Crippen LogP contribution is -1.86. The SMILES string of the molecule is Cc1ccc2cc3c(ccc4ccccc43)c3c2c1CC3.Cc1ccc2cc3c(ccc4ccccc43)c3c2c1CC3. The molecule has 0 saturated heterocycles. The smallest absolute Gasteiger partial charge is 0.00962 e. The molecule has 0 N–H and O–H groups in total. The summed E-state index contributed by atoms with van der Waals surface area (Å²) >= 11 is 0. The van der Waals surface area contributed by atoms with Crippen LogP contribution in [0.15, 0.2) is 109 Å². The molecule has 0 atom stereocenters. The van der Waals surface area contributed by atoms with Crippen molar-refractivity contribution < 1.29 is 0 Å². The first kappa shape index (κ1) is 24.0. The quantitative estimate of drug-likeness (QED) is 0.134. The fourth-order valence-corrected chi connectivity index (χ4v) is 8.17. The van der Waals surface area contributed by atoms with Crippen LogP contribution in [0.5, 0.6) is 0 Å². The largest absolute Gasteiger partial charge is 0.0616 e. The fourth-order valence-electron chi connectivity index (χ4n) is 8.17. The molecule has 0 heteroatoms. The summed E-state index contributed by atoms with van der Waals surface area (Å²) in [7, 11) is 0. The van der Waals surface area contributed by atoms with Crippen LogP contribution < -0.4 is 0 Å². The second-order valence-electron chi connectivity index (χ2n) is 12.4. The van der Waals surface area contributed by atoms with Crippen LogP contribution in [0.3, 0.4) is 0 Å². The maximum absolute atomic E-state index is 2.39. The van der Waals surface area contributed by atoms with E-state index in [0.717, 1.165) is 0 Å². The fraction of sp³-hybridized carbons (Fsp3) is 0.143. The second kappa shape index (κ2) is 8.91. The topological polar surface area (TPSA) is 0 Å². The van der Waals surface area contributed by atoms with E-state index in [2.05, 4.69) is 123 Å². The van der Waals surface area contributed by atoms with Gasteiger partial charge in [0.25, 0.3) is 0 Å². The Bertz CT molecular complexity index is 2250. The van der Waals surface area contributed by atoms with Crippen molar-refractivity contribution in [3.63, 3.8) is 0 Å². The molecule has 42 heavy (non-hydrogen) atoms. The Morgan fingerprint density at radius 3 is 1.21 bits per heavy atom. The summed E-state index contributed by atoms with van der Waals surface area (Å²) in [5.74, 6) is 0. The molecule has 2 aliphatic carbocycles. The Morgan fingerprint density at radius 1 is 0.333 bits per heavy atom. The summed E-state index contributed by atoms with van der Waals surface area (Å²) in [5.41, 5.74) is 9.15. The zero-order valence-electron chi connectivity index (χ0n) is 24.2. The van der Waals surface area contributed by atoms with Crippen molar-refractivity contribution in [2.24, 2.45) is 0 Å². The van der Waals surface area contributed by atoms with E-state index in [4.69, 9.17) is 0 Å². The number of benzene rings is 8. The van der Waals surface area contributed by atoms with Gasteiger partial charge in [-0.25, -0.2) is 0 Å². The molecule has 200 valence electrons. The molecule has 0 aliphatic heterocycles. The van der Waals surface area contributed by atoms with E-state index in [0.29, 0.717) is 0 Å². The van der Waals surface area contributed by atoms with Crippen LogP contribution in [0.4, 0.5) is 0 Å². The highest BCUT2D eigenvalue weighted by molar-refractivity contribution is 6.16. The molecule has 0 nitrogen and oxygen atoms in total. The lowest BCUT2D eigenvalue weighted by Gasteiger charge is -2.11. The van der Waals surface area contributed by atoms with Crippen LogP contribution in [-0.4, -0.2) is 0 Å². The molecule has 0 saturated carbocycles. The maximum Gasteiger partial charge on any atom is -0.00962 e. The molecule has 0 radical (unpaired) electrons. The number of rotatable bonds is 0. The van der Waals surface area contributed by atoms with Crippen LogP contribution in [0.2, 0.25) is 0 Å². The van der Waals surface area contributed by atoms with E-state index in [1.165, 1.54) is 101 Å². The van der Waals surface area contributed by atoms with Gasteiger partial charge in [-0.15, -0.1) is 0 Å². The van der Waals surface area contributed by atoms with Crippen LogP contribution in [0.25, 0.3) is 64.6 Å². The molecule has 0 amide bonds. The van der Waals surface area contributed by atoms with Crippen LogP contribution in [0, 0.1) is 13.8 Å². The van der Waals surface area contributed by atoms with Crippen molar-refractivity contribution in [1.82, 2.24) is 0 Å². The normalized spacial score (nSPS) is 13.6. The molecule has 0 heterocycles. The van der Waals surface area contributed by atoms with E-state index in [9.17, 15) is 0 Å². The van der Waals surface area contributed by atoms with Crippen LogP contribution in [-0.2, 0) is 25.7 Å². The van der Waals surface area contributed by atoms with Gasteiger partial charge in [0.1, 0.15) is 0 Å². The molecule has 10 rings (SSSR count). The minimum absolute atomic E-state index is 1.19. The van der Waals surface area contributed by atoms with Gasteiger partial charge in [-0.1, -0.05) is 97.1 Å². The first-order valence-corrected chi connectivity index (χ1v) is 15.4. The number of hydrogen-bond donors (Lipinski definition) is 0. The molecule has 0 aromatic heterocycles. The lowest BCUT2D eigenvalue weighted by atomic mass is 9.93. The third-order valence-electron chi connectivity index (χ3n) is 10.2. The third-order valence-corrected chi connectivity index (χ3v) is 10.2. The molecular formula is C42H32. The summed E-state index contributed by atoms with van der Waals surface area (Å²) in [6.45, 7) is 4.49. The Labute approximate surface area is 246 Å². The van der Waals surface area contributed by atoms with Crippen molar-refractivity contribution in [2.45, 2.75) is 39.5 Å². The van der Waals surface area contributed by atoms with E-state index < -0.39 is 0 Å². The van der Waals surface area contributed by atoms with Crippen LogP contribution in [0.1, 0.15) is 33.4 Å². The van der Waals surface area contributed by atoms with Crippen molar-refractivity contribution in [1.29, 1.82) is 0 Å². The first-order valence-electron chi connectivity index (χ1n) is 15.4. The Balaban J connectivity index is 0.000000119. The van der Waals surface area contributed by atoms with E-state index >= 15 is 0 Å². The molecule has 0 fully saturated rings. The van der Waals surface area contributed by atoms with Crippen molar-refractivity contribution in [3.8, 4) is 0 Å². The highest BCUT2D eigenvalue weighted by atomic mass is 14.2. The van der Waals surface area contributed by atoms with E-state index in [-0.39, 0.29) is 0 Å². The molecule has 0 bridgehead atoms. The van der Waals surface area contributed by atoms with Gasteiger partial charge in [-0.05, 0) is 150 Å². The van der Waals surface area contributed by atoms with Gasteiger partial charge in [0, 0.05) is 0 Å². The molecule has 0 spiro atoms. The maximum atomic E-state index is 2.39. The average molecular weight is 537 g/mol. The summed E-state index contributed by atoms with van der Waals surface area (Å²) in [6, 6.07) is 40.6. The highest BCUT2D eigenvalue weighted by Crippen LogP contribution is 2.41. The molecule has 2 aliphatic rings. The first-order chi connectivity index (χ1) is 20.7. The Morgan fingerprint density at radius 2 is 0.738 bits per heavy atom. The molecule has 0 unspecified atom stereocenters. The van der Waals surface area contributed by atoms with Gasteiger partial charge in [0.2, 0.25) is 0 Å². The standard InChI is InChI=1S/2C21H16/c2*1-13-6-7-15-12-20-17-5-3-2-4-14(17)8-9-18(20)19-11-10-16(13)21(15)19/h2*2-9,12H,10-11H2,1H3. The minimum atomic E-state index is 1.19. The molecule has 8 aromatic rings. The Hall–Kier alpha value is -4.68. The number of hydrogen-bond acceptors (Lipinski definition) is 0. The predicted molar refractivity (Wildman–Crippen MR) is 182 cm³/mol. The summed E-state index contributed by atoms with van der Waals surface area (Å²) in [6.07, 6.45) is 4.77. The zero-order chi connectivity index (χ0) is 27.9. The van der Waals surface area contributed by atoms with Gasteiger partial charge < -0.3 is 0 Å². The van der Waals surface area contributed by atoms with Crippen molar-refractivity contribution in [2.75, 3.05) is 0 Å². The Kier molecular flexibility index (Phi) is 5.08. The van der Waals surface area contributed by atoms with Gasteiger partial charge in [-0.2, -0.15) is 0 Å². The van der Waals surface area contributed by atoms with Crippen molar-refractivity contribution >= 4 is 64.6 Å². The summed E-state index contributed by atoms with van der Waals surface area (Å²) < 4.78 is 0. The van der Waals surface area contributed by atoms with Gasteiger partial charge in [0.15, 0.2) is 0 Å². The minimum Gasteiger partial charge on any atom is -0.0616 e.